The van der Waals surface area contributed by atoms with E-state index in [9.17, 15) is 0 Å². The zero-order chi connectivity index (χ0) is 13.4. The Labute approximate surface area is 111 Å². The summed E-state index contributed by atoms with van der Waals surface area (Å²) in [5.74, 6) is 0.532. The molecule has 2 atom stereocenters. The van der Waals surface area contributed by atoms with Crippen molar-refractivity contribution in [1.29, 1.82) is 0 Å². The maximum Gasteiger partial charge on any atom is 0.188 e. The second-order valence-corrected chi connectivity index (χ2v) is 4.81. The lowest BCUT2D eigenvalue weighted by atomic mass is 10.2. The smallest absolute Gasteiger partial charge is 0.188 e. The van der Waals surface area contributed by atoms with Crippen LogP contribution in [0.25, 0.3) is 0 Å². The molecule has 106 valence electrons. The van der Waals surface area contributed by atoms with Gasteiger partial charge in [0.25, 0.3) is 0 Å². The average molecular weight is 256 g/mol. The van der Waals surface area contributed by atoms with Gasteiger partial charge in [0.15, 0.2) is 5.96 Å². The SMILES string of the molecule is CCN(CC)C(C)CN=C(N)NCC1CCCO1. The van der Waals surface area contributed by atoms with Crippen molar-refractivity contribution in [3.63, 3.8) is 0 Å². The van der Waals surface area contributed by atoms with E-state index < -0.39 is 0 Å². The average Bonchev–Trinajstić information content (AvgIpc) is 2.88. The molecular weight excluding hydrogens is 228 g/mol. The van der Waals surface area contributed by atoms with Crippen LogP contribution in [0.3, 0.4) is 0 Å². The number of rotatable bonds is 7. The van der Waals surface area contributed by atoms with Crippen molar-refractivity contribution < 1.29 is 4.74 Å². The van der Waals surface area contributed by atoms with Crippen LogP contribution in [0.2, 0.25) is 0 Å². The van der Waals surface area contributed by atoms with Crippen molar-refractivity contribution in [2.45, 2.75) is 45.8 Å². The fraction of sp³-hybridized carbons (Fsp3) is 0.923. The summed E-state index contributed by atoms with van der Waals surface area (Å²) in [6.07, 6.45) is 2.58. The summed E-state index contributed by atoms with van der Waals surface area (Å²) in [4.78, 5) is 6.76. The van der Waals surface area contributed by atoms with Crippen LogP contribution in [0.1, 0.15) is 33.6 Å². The van der Waals surface area contributed by atoms with Crippen LogP contribution < -0.4 is 11.1 Å². The van der Waals surface area contributed by atoms with Crippen molar-refractivity contribution in [3.8, 4) is 0 Å². The molecule has 2 unspecified atom stereocenters. The van der Waals surface area contributed by atoms with E-state index in [4.69, 9.17) is 10.5 Å². The Kier molecular flexibility index (Phi) is 7.05. The number of nitrogens with two attached hydrogens (primary N) is 1. The van der Waals surface area contributed by atoms with Gasteiger partial charge < -0.3 is 15.8 Å². The molecule has 1 aliphatic heterocycles. The molecule has 0 radical (unpaired) electrons. The van der Waals surface area contributed by atoms with E-state index in [1.54, 1.807) is 0 Å². The Bertz CT molecular complexity index is 247. The monoisotopic (exact) mass is 256 g/mol. The third-order valence-corrected chi connectivity index (χ3v) is 3.50. The number of aliphatic imine (C=N–C) groups is 1. The zero-order valence-corrected chi connectivity index (χ0v) is 12.0. The molecule has 0 aromatic rings. The van der Waals surface area contributed by atoms with E-state index >= 15 is 0 Å². The van der Waals surface area contributed by atoms with Gasteiger partial charge in [-0.3, -0.25) is 9.89 Å². The van der Waals surface area contributed by atoms with Crippen molar-refractivity contribution in [2.24, 2.45) is 10.7 Å². The van der Waals surface area contributed by atoms with Gasteiger partial charge in [-0.15, -0.1) is 0 Å². The predicted octanol–water partition coefficient (Wildman–Crippen LogP) is 0.800. The highest BCUT2D eigenvalue weighted by atomic mass is 16.5. The Morgan fingerprint density at radius 1 is 1.50 bits per heavy atom. The van der Waals surface area contributed by atoms with Crippen molar-refractivity contribution in [2.75, 3.05) is 32.8 Å². The van der Waals surface area contributed by atoms with Crippen LogP contribution in [0.15, 0.2) is 4.99 Å². The summed E-state index contributed by atoms with van der Waals surface area (Å²) in [7, 11) is 0. The molecule has 18 heavy (non-hydrogen) atoms. The zero-order valence-electron chi connectivity index (χ0n) is 12.0. The lowest BCUT2D eigenvalue weighted by Gasteiger charge is -2.24. The highest BCUT2D eigenvalue weighted by Crippen LogP contribution is 2.10. The molecule has 5 heteroatoms. The lowest BCUT2D eigenvalue weighted by molar-refractivity contribution is 0.114. The van der Waals surface area contributed by atoms with Gasteiger partial charge in [-0.2, -0.15) is 0 Å². The minimum Gasteiger partial charge on any atom is -0.376 e. The van der Waals surface area contributed by atoms with E-state index in [1.807, 2.05) is 0 Å². The number of ether oxygens (including phenoxy) is 1. The molecule has 1 saturated heterocycles. The molecule has 0 bridgehead atoms. The van der Waals surface area contributed by atoms with Crippen LogP contribution in [0, 0.1) is 0 Å². The number of nitrogens with one attached hydrogen (secondary N) is 1. The number of hydrogen-bond acceptors (Lipinski definition) is 3. The van der Waals surface area contributed by atoms with Crippen LogP contribution in [-0.4, -0.2) is 55.8 Å². The minimum atomic E-state index is 0.305. The fourth-order valence-corrected chi connectivity index (χ4v) is 2.27. The number of guanidine groups is 1. The van der Waals surface area contributed by atoms with Crippen LogP contribution in [0.4, 0.5) is 0 Å². The van der Waals surface area contributed by atoms with E-state index in [0.717, 1.165) is 45.6 Å². The highest BCUT2D eigenvalue weighted by molar-refractivity contribution is 5.77. The summed E-state index contributed by atoms with van der Waals surface area (Å²) in [6.45, 7) is 11.0. The first-order chi connectivity index (χ1) is 8.67. The Morgan fingerprint density at radius 3 is 2.78 bits per heavy atom. The second kappa shape index (κ2) is 8.32. The molecule has 0 amide bonds. The summed E-state index contributed by atoms with van der Waals surface area (Å²) in [5, 5.41) is 3.14. The van der Waals surface area contributed by atoms with Gasteiger partial charge in [-0.25, -0.2) is 0 Å². The van der Waals surface area contributed by atoms with Crippen LogP contribution >= 0.6 is 0 Å². The molecule has 3 N–H and O–H groups in total. The van der Waals surface area contributed by atoms with E-state index in [2.05, 4.69) is 36.0 Å². The summed E-state index contributed by atoms with van der Waals surface area (Å²) in [6, 6.07) is 0.433. The topological polar surface area (TPSA) is 62.9 Å². The van der Waals surface area contributed by atoms with Gasteiger partial charge in [0.05, 0.1) is 12.6 Å². The van der Waals surface area contributed by atoms with Gasteiger partial charge in [0.2, 0.25) is 0 Å². The van der Waals surface area contributed by atoms with E-state index in [0.29, 0.717) is 18.1 Å². The van der Waals surface area contributed by atoms with Crippen LogP contribution in [-0.2, 0) is 4.74 Å². The Morgan fingerprint density at radius 2 is 2.22 bits per heavy atom. The van der Waals surface area contributed by atoms with Crippen molar-refractivity contribution in [3.05, 3.63) is 0 Å². The van der Waals surface area contributed by atoms with Gasteiger partial charge in [0, 0.05) is 19.2 Å². The van der Waals surface area contributed by atoms with Crippen molar-refractivity contribution >= 4 is 5.96 Å². The molecule has 1 rings (SSSR count). The predicted molar refractivity (Wildman–Crippen MR) is 75.8 cm³/mol. The molecule has 0 saturated carbocycles. The maximum atomic E-state index is 5.85. The first-order valence-corrected chi connectivity index (χ1v) is 7.06. The third-order valence-electron chi connectivity index (χ3n) is 3.50. The quantitative estimate of drug-likeness (QED) is 0.522. The molecule has 5 nitrogen and oxygen atoms in total. The summed E-state index contributed by atoms with van der Waals surface area (Å²) >= 11 is 0. The normalized spacial score (nSPS) is 22.4. The number of nitrogens with zero attached hydrogens (tertiary/aromatic N) is 2. The fourth-order valence-electron chi connectivity index (χ4n) is 2.27. The van der Waals surface area contributed by atoms with Gasteiger partial charge in [0.1, 0.15) is 0 Å². The standard InChI is InChI=1S/C13H28N4O/c1-4-17(5-2)11(3)9-15-13(14)16-10-12-7-6-8-18-12/h11-12H,4-10H2,1-3H3,(H3,14,15,16). The lowest BCUT2D eigenvalue weighted by Crippen LogP contribution is -2.39. The van der Waals surface area contributed by atoms with Gasteiger partial charge in [-0.1, -0.05) is 13.8 Å². The Balaban J connectivity index is 2.23. The van der Waals surface area contributed by atoms with Gasteiger partial charge >= 0.3 is 0 Å². The molecule has 0 aliphatic carbocycles. The van der Waals surface area contributed by atoms with Crippen molar-refractivity contribution in [1.82, 2.24) is 10.2 Å². The van der Waals surface area contributed by atoms with E-state index in [1.165, 1.54) is 0 Å². The number of likely N-dealkylation sites (N-methyl/N-ethyl adjacent to an activating group) is 1. The largest absolute Gasteiger partial charge is 0.376 e. The van der Waals surface area contributed by atoms with E-state index in [-0.39, 0.29) is 0 Å². The number of hydrogen-bond donors (Lipinski definition) is 2. The Hall–Kier alpha value is -0.810. The molecule has 1 fully saturated rings. The molecule has 1 heterocycles. The maximum absolute atomic E-state index is 5.85. The first kappa shape index (κ1) is 15.2. The second-order valence-electron chi connectivity index (χ2n) is 4.81. The molecule has 0 spiro atoms. The minimum absolute atomic E-state index is 0.305. The highest BCUT2D eigenvalue weighted by Gasteiger charge is 2.15. The summed E-state index contributed by atoms with van der Waals surface area (Å²) in [5.41, 5.74) is 5.85. The summed E-state index contributed by atoms with van der Waals surface area (Å²) < 4.78 is 5.52. The molecular formula is C13H28N4O. The first-order valence-electron chi connectivity index (χ1n) is 7.06. The van der Waals surface area contributed by atoms with Gasteiger partial charge in [-0.05, 0) is 32.9 Å². The molecule has 0 aromatic heterocycles. The molecule has 1 aliphatic rings. The third kappa shape index (κ3) is 5.23. The molecule has 0 aromatic carbocycles. The van der Waals surface area contributed by atoms with Crippen LogP contribution in [0.5, 0.6) is 0 Å².